The van der Waals surface area contributed by atoms with Crippen LogP contribution in [-0.2, 0) is 5.41 Å². The molecule has 0 spiro atoms. The summed E-state index contributed by atoms with van der Waals surface area (Å²) in [5.74, 6) is 0. The molecule has 0 fully saturated rings. The maximum atomic E-state index is 2.27. The van der Waals surface area contributed by atoms with Crippen LogP contribution >= 0.6 is 0 Å². The molecule has 0 saturated carbocycles. The molecule has 3 aromatic rings. The molecule has 25 heavy (non-hydrogen) atoms. The lowest BCUT2D eigenvalue weighted by atomic mass is 9.66. The first-order valence-corrected chi connectivity index (χ1v) is 8.54. The van der Waals surface area contributed by atoms with Crippen molar-refractivity contribution in [2.24, 2.45) is 0 Å². The van der Waals surface area contributed by atoms with E-state index in [-0.39, 0.29) is 16.4 Å². The Kier molecular flexibility index (Phi) is 8.13. The van der Waals surface area contributed by atoms with E-state index in [1.165, 1.54) is 29.4 Å². The second-order valence-corrected chi connectivity index (χ2v) is 6.11. The highest BCUT2D eigenvalue weighted by atomic mass is 16.0. The van der Waals surface area contributed by atoms with E-state index in [0.29, 0.717) is 0 Å². The van der Waals surface area contributed by atoms with Crippen molar-refractivity contribution in [2.45, 2.75) is 24.6 Å². The molecule has 0 aliphatic rings. The molecule has 0 bridgehead atoms. The summed E-state index contributed by atoms with van der Waals surface area (Å²) in [5, 5.41) is 0. The second-order valence-electron chi connectivity index (χ2n) is 6.11. The average Bonchev–Trinajstić information content (AvgIpc) is 2.65. The Bertz CT molecular complexity index is 618. The summed E-state index contributed by atoms with van der Waals surface area (Å²) in [6.45, 7) is 0. The maximum Gasteiger partial charge on any atom is 0.101 e. The van der Waals surface area contributed by atoms with Gasteiger partial charge in [-0.2, -0.15) is 0 Å². The Morgan fingerprint density at radius 3 is 1.16 bits per heavy atom. The van der Waals surface area contributed by atoms with E-state index in [4.69, 9.17) is 0 Å². The topological polar surface area (TPSA) is 63.0 Å². The van der Waals surface area contributed by atoms with E-state index in [0.717, 1.165) is 6.42 Å². The van der Waals surface area contributed by atoms with Gasteiger partial charge in [0.25, 0.3) is 0 Å². The summed E-state index contributed by atoms with van der Waals surface area (Å²) in [5.41, 5.74) is 4.07. The average molecular weight is 334 g/mol. The fourth-order valence-corrected chi connectivity index (χ4v) is 3.54. The maximum absolute atomic E-state index is 2.27. The molecule has 4 N–H and O–H groups in total. The Morgan fingerprint density at radius 2 is 0.880 bits per heavy atom. The van der Waals surface area contributed by atoms with Crippen LogP contribution in [-0.4, -0.2) is 18.8 Å². The van der Waals surface area contributed by atoms with Gasteiger partial charge in [0, 0.05) is 5.41 Å². The molecular formula is C22H27BO2. The van der Waals surface area contributed by atoms with Crippen LogP contribution in [0.25, 0.3) is 0 Å². The van der Waals surface area contributed by atoms with Gasteiger partial charge < -0.3 is 11.0 Å². The van der Waals surface area contributed by atoms with Crippen molar-refractivity contribution in [1.29, 1.82) is 0 Å². The highest BCUT2D eigenvalue weighted by Crippen LogP contribution is 2.43. The molecule has 3 aromatic carbocycles. The molecule has 0 saturated heterocycles. The second kappa shape index (κ2) is 9.82. The van der Waals surface area contributed by atoms with E-state index < -0.39 is 0 Å². The summed E-state index contributed by atoms with van der Waals surface area (Å²) < 4.78 is 0. The Morgan fingerprint density at radius 1 is 0.560 bits per heavy atom. The SMILES string of the molecule is BCCCC(c1ccccc1)(c1ccccc1)c1ccccc1.O.O. The highest BCUT2D eigenvalue weighted by Gasteiger charge is 2.35. The van der Waals surface area contributed by atoms with Crippen LogP contribution in [0.1, 0.15) is 29.5 Å². The van der Waals surface area contributed by atoms with Gasteiger partial charge in [-0.3, -0.25) is 0 Å². The normalized spacial score (nSPS) is 10.4. The lowest BCUT2D eigenvalue weighted by Crippen LogP contribution is -2.29. The monoisotopic (exact) mass is 334 g/mol. The summed E-state index contributed by atoms with van der Waals surface area (Å²) in [7, 11) is 2.27. The van der Waals surface area contributed by atoms with Gasteiger partial charge in [-0.15, -0.1) is 0 Å². The zero-order valence-electron chi connectivity index (χ0n) is 14.8. The molecule has 0 atom stereocenters. The molecule has 0 aliphatic heterocycles. The van der Waals surface area contributed by atoms with Crippen molar-refractivity contribution in [3.05, 3.63) is 108 Å². The van der Waals surface area contributed by atoms with Gasteiger partial charge in [-0.05, 0) is 23.1 Å². The molecular weight excluding hydrogens is 307 g/mol. The summed E-state index contributed by atoms with van der Waals surface area (Å²) in [4.78, 5) is 0. The van der Waals surface area contributed by atoms with E-state index in [1.807, 2.05) is 0 Å². The quantitative estimate of drug-likeness (QED) is 0.491. The van der Waals surface area contributed by atoms with Gasteiger partial charge >= 0.3 is 0 Å². The Labute approximate surface area is 151 Å². The van der Waals surface area contributed by atoms with Crippen molar-refractivity contribution in [3.63, 3.8) is 0 Å². The van der Waals surface area contributed by atoms with Crippen LogP contribution in [0, 0.1) is 0 Å². The summed E-state index contributed by atoms with van der Waals surface area (Å²) >= 11 is 0. The molecule has 2 nitrogen and oxygen atoms in total. The smallest absolute Gasteiger partial charge is 0.101 e. The predicted octanol–water partition coefficient (Wildman–Crippen LogP) is 3.20. The third kappa shape index (κ3) is 4.19. The van der Waals surface area contributed by atoms with Crippen molar-refractivity contribution < 1.29 is 11.0 Å². The molecule has 0 heterocycles. The number of hydrogen-bond donors (Lipinski definition) is 0. The fraction of sp³-hybridized carbons (Fsp3) is 0.182. The molecule has 0 amide bonds. The van der Waals surface area contributed by atoms with Crippen LogP contribution in [0.2, 0.25) is 6.32 Å². The molecule has 0 radical (unpaired) electrons. The van der Waals surface area contributed by atoms with Crippen LogP contribution < -0.4 is 0 Å². The number of rotatable bonds is 6. The molecule has 0 aliphatic carbocycles. The van der Waals surface area contributed by atoms with Gasteiger partial charge in [-0.25, -0.2) is 0 Å². The lowest BCUT2D eigenvalue weighted by molar-refractivity contribution is 0.550. The zero-order chi connectivity index (χ0) is 16.0. The van der Waals surface area contributed by atoms with E-state index in [1.54, 1.807) is 0 Å². The van der Waals surface area contributed by atoms with E-state index in [9.17, 15) is 0 Å². The van der Waals surface area contributed by atoms with Crippen LogP contribution in [0.3, 0.4) is 0 Å². The van der Waals surface area contributed by atoms with E-state index in [2.05, 4.69) is 98.8 Å². The summed E-state index contributed by atoms with van der Waals surface area (Å²) in [6.07, 6.45) is 3.54. The van der Waals surface area contributed by atoms with Gasteiger partial charge in [0.05, 0.1) is 0 Å². The van der Waals surface area contributed by atoms with Crippen LogP contribution in [0.5, 0.6) is 0 Å². The van der Waals surface area contributed by atoms with Crippen molar-refractivity contribution in [3.8, 4) is 0 Å². The zero-order valence-corrected chi connectivity index (χ0v) is 14.8. The van der Waals surface area contributed by atoms with Crippen LogP contribution in [0.15, 0.2) is 91.0 Å². The van der Waals surface area contributed by atoms with Gasteiger partial charge in [0.1, 0.15) is 7.85 Å². The predicted molar refractivity (Wildman–Crippen MR) is 109 cm³/mol. The lowest BCUT2D eigenvalue weighted by Gasteiger charge is -2.36. The van der Waals surface area contributed by atoms with Crippen LogP contribution in [0.4, 0.5) is 0 Å². The van der Waals surface area contributed by atoms with Crippen molar-refractivity contribution in [1.82, 2.24) is 0 Å². The van der Waals surface area contributed by atoms with Gasteiger partial charge in [-0.1, -0.05) is 104 Å². The summed E-state index contributed by atoms with van der Waals surface area (Å²) in [6, 6.07) is 32.9. The largest absolute Gasteiger partial charge is 0.412 e. The molecule has 130 valence electrons. The molecule has 0 unspecified atom stereocenters. The van der Waals surface area contributed by atoms with Crippen molar-refractivity contribution in [2.75, 3.05) is 0 Å². The third-order valence-electron chi connectivity index (χ3n) is 4.71. The first-order chi connectivity index (χ1) is 11.4. The third-order valence-corrected chi connectivity index (χ3v) is 4.71. The fourth-order valence-electron chi connectivity index (χ4n) is 3.54. The molecule has 3 heteroatoms. The number of benzene rings is 3. The Hall–Kier alpha value is -2.36. The minimum Gasteiger partial charge on any atom is -0.412 e. The standard InChI is InChI=1S/C22H23B.2H2O/c23-18-10-17-22(19-11-4-1-5-12-19,20-13-6-2-7-14-20)21-15-8-3-9-16-21;;/h1-9,11-16H,10,17-18,23H2;2*1H2. The first-order valence-electron chi connectivity index (χ1n) is 8.54. The molecule has 3 rings (SSSR count). The van der Waals surface area contributed by atoms with Gasteiger partial charge in [0.2, 0.25) is 0 Å². The van der Waals surface area contributed by atoms with E-state index >= 15 is 0 Å². The minimum absolute atomic E-state index is 0. The number of hydrogen-bond acceptors (Lipinski definition) is 0. The first kappa shape index (κ1) is 20.7. The Balaban J connectivity index is 0.00000156. The minimum atomic E-state index is -0.0697. The van der Waals surface area contributed by atoms with Crippen molar-refractivity contribution >= 4 is 7.85 Å². The van der Waals surface area contributed by atoms with Gasteiger partial charge in [0.15, 0.2) is 0 Å². The molecule has 0 aromatic heterocycles. The highest BCUT2D eigenvalue weighted by molar-refractivity contribution is 6.08.